The molecule has 0 atom stereocenters. The summed E-state index contributed by atoms with van der Waals surface area (Å²) in [6.07, 6.45) is 1.86. The fourth-order valence-electron chi connectivity index (χ4n) is 2.89. The van der Waals surface area contributed by atoms with Gasteiger partial charge in [-0.25, -0.2) is 0 Å². The Balaban J connectivity index is 2.25. The number of pyridine rings is 1. The van der Waals surface area contributed by atoms with E-state index in [-0.39, 0.29) is 5.43 Å². The minimum atomic E-state index is 0.0535. The van der Waals surface area contributed by atoms with Gasteiger partial charge in [-0.1, -0.05) is 48.5 Å². The molecule has 0 aliphatic rings. The first-order valence-corrected chi connectivity index (χ1v) is 6.93. The zero-order chi connectivity index (χ0) is 14.2. The first-order valence-electron chi connectivity index (χ1n) is 6.93. The molecule has 0 aliphatic carbocycles. The Morgan fingerprint density at radius 3 is 2.52 bits per heavy atom. The Kier molecular flexibility index (Phi) is 2.61. The van der Waals surface area contributed by atoms with Crippen molar-refractivity contribution in [3.05, 3.63) is 83.2 Å². The summed E-state index contributed by atoms with van der Waals surface area (Å²) >= 11 is 0. The van der Waals surface area contributed by atoms with E-state index in [1.54, 1.807) is 6.07 Å². The Bertz CT molecular complexity index is 1000. The molecule has 100 valence electrons. The van der Waals surface area contributed by atoms with Crippen LogP contribution in [0.15, 0.2) is 77.7 Å². The lowest BCUT2D eigenvalue weighted by Crippen LogP contribution is -2.01. The van der Waals surface area contributed by atoms with Gasteiger partial charge in [0.15, 0.2) is 5.43 Å². The fourth-order valence-corrected chi connectivity index (χ4v) is 2.89. The molecule has 0 aliphatic heterocycles. The van der Waals surface area contributed by atoms with E-state index in [2.05, 4.69) is 23.2 Å². The number of hydrogen-bond donors (Lipinski definition) is 1. The van der Waals surface area contributed by atoms with Gasteiger partial charge in [-0.05, 0) is 40.1 Å². The number of hydrogen-bond acceptors (Lipinski definition) is 1. The Hall–Kier alpha value is -2.87. The number of rotatable bonds is 1. The summed E-state index contributed by atoms with van der Waals surface area (Å²) in [5, 5.41) is 2.80. The average Bonchev–Trinajstić information content (AvgIpc) is 2.55. The van der Waals surface area contributed by atoms with Crippen molar-refractivity contribution in [2.75, 3.05) is 0 Å². The molecule has 0 unspecified atom stereocenters. The number of aromatic nitrogens is 1. The Labute approximate surface area is 121 Å². The standard InChI is InChI=1S/C19H13NO/c21-17-10-4-9-15-16(13-6-2-1-3-7-13)12-14-8-5-11-20-19(14)18(15)17/h1-12,20H. The largest absolute Gasteiger partial charge is 0.361 e. The highest BCUT2D eigenvalue weighted by molar-refractivity contribution is 6.11. The fraction of sp³-hybridized carbons (Fsp3) is 0. The molecule has 2 heteroatoms. The predicted molar refractivity (Wildman–Crippen MR) is 87.5 cm³/mol. The second-order valence-corrected chi connectivity index (χ2v) is 5.10. The van der Waals surface area contributed by atoms with Crippen molar-refractivity contribution < 1.29 is 0 Å². The van der Waals surface area contributed by atoms with Crippen LogP contribution in [0.2, 0.25) is 0 Å². The average molecular weight is 271 g/mol. The quantitative estimate of drug-likeness (QED) is 0.513. The van der Waals surface area contributed by atoms with Crippen LogP contribution in [0.1, 0.15) is 0 Å². The van der Waals surface area contributed by atoms with Gasteiger partial charge in [0.1, 0.15) is 0 Å². The van der Waals surface area contributed by atoms with Gasteiger partial charge < -0.3 is 4.98 Å². The Morgan fingerprint density at radius 2 is 1.67 bits per heavy atom. The molecule has 3 aromatic carbocycles. The minimum Gasteiger partial charge on any atom is -0.361 e. The monoisotopic (exact) mass is 271 g/mol. The third kappa shape index (κ3) is 1.84. The lowest BCUT2D eigenvalue weighted by atomic mass is 9.95. The zero-order valence-electron chi connectivity index (χ0n) is 11.3. The number of benzene rings is 3. The van der Waals surface area contributed by atoms with Gasteiger partial charge in [0.2, 0.25) is 0 Å². The van der Waals surface area contributed by atoms with Gasteiger partial charge in [0, 0.05) is 6.20 Å². The van der Waals surface area contributed by atoms with Gasteiger partial charge in [-0.2, -0.15) is 0 Å². The van der Waals surface area contributed by atoms with Gasteiger partial charge in [0.05, 0.1) is 10.9 Å². The highest BCUT2D eigenvalue weighted by Gasteiger charge is 2.10. The highest BCUT2D eigenvalue weighted by atomic mass is 16.1. The number of fused-ring (bicyclic) bond motifs is 3. The molecule has 1 N–H and O–H groups in total. The van der Waals surface area contributed by atoms with E-state index < -0.39 is 0 Å². The first kappa shape index (κ1) is 11.9. The van der Waals surface area contributed by atoms with E-state index in [0.717, 1.165) is 32.8 Å². The second-order valence-electron chi connectivity index (χ2n) is 5.10. The Morgan fingerprint density at radius 1 is 0.810 bits per heavy atom. The lowest BCUT2D eigenvalue weighted by Gasteiger charge is -2.10. The molecule has 1 heterocycles. The lowest BCUT2D eigenvalue weighted by molar-refractivity contribution is 1.42. The van der Waals surface area contributed by atoms with Crippen LogP contribution in [-0.2, 0) is 0 Å². The smallest absolute Gasteiger partial charge is 0.188 e. The maximum absolute atomic E-state index is 12.4. The van der Waals surface area contributed by atoms with Crippen LogP contribution in [0.5, 0.6) is 0 Å². The summed E-state index contributed by atoms with van der Waals surface area (Å²) < 4.78 is 0. The molecule has 4 aromatic rings. The zero-order valence-corrected chi connectivity index (χ0v) is 11.3. The summed E-state index contributed by atoms with van der Waals surface area (Å²) in [6.45, 7) is 0. The van der Waals surface area contributed by atoms with E-state index >= 15 is 0 Å². The number of nitrogens with one attached hydrogen (secondary N) is 1. The molecule has 0 fully saturated rings. The molecular weight excluding hydrogens is 258 g/mol. The first-order chi connectivity index (χ1) is 10.3. The summed E-state index contributed by atoms with van der Waals surface area (Å²) in [5.41, 5.74) is 3.17. The molecule has 4 rings (SSSR count). The van der Waals surface area contributed by atoms with Gasteiger partial charge in [-0.3, -0.25) is 4.79 Å². The third-order valence-electron chi connectivity index (χ3n) is 3.84. The van der Waals surface area contributed by atoms with Gasteiger partial charge >= 0.3 is 0 Å². The maximum atomic E-state index is 12.4. The minimum absolute atomic E-state index is 0.0535. The van der Waals surface area contributed by atoms with Crippen LogP contribution < -0.4 is 5.43 Å². The number of H-pyrrole nitrogens is 1. The molecular formula is C19H13NO. The molecule has 0 saturated carbocycles. The van der Waals surface area contributed by atoms with Crippen LogP contribution >= 0.6 is 0 Å². The van der Waals surface area contributed by atoms with Gasteiger partial charge in [-0.15, -0.1) is 0 Å². The molecule has 2 nitrogen and oxygen atoms in total. The van der Waals surface area contributed by atoms with Crippen molar-refractivity contribution in [2.24, 2.45) is 0 Å². The molecule has 1 aromatic heterocycles. The van der Waals surface area contributed by atoms with Crippen molar-refractivity contribution >= 4 is 21.7 Å². The van der Waals surface area contributed by atoms with Crippen molar-refractivity contribution in [3.8, 4) is 11.1 Å². The van der Waals surface area contributed by atoms with Crippen molar-refractivity contribution in [1.29, 1.82) is 0 Å². The van der Waals surface area contributed by atoms with E-state index in [0.29, 0.717) is 0 Å². The van der Waals surface area contributed by atoms with E-state index in [9.17, 15) is 4.79 Å². The molecule has 0 saturated heterocycles. The van der Waals surface area contributed by atoms with E-state index in [4.69, 9.17) is 0 Å². The summed E-state index contributed by atoms with van der Waals surface area (Å²) in [6, 6.07) is 21.8. The summed E-state index contributed by atoms with van der Waals surface area (Å²) in [7, 11) is 0. The molecule has 21 heavy (non-hydrogen) atoms. The predicted octanol–water partition coefficient (Wildman–Crippen LogP) is 4.35. The maximum Gasteiger partial charge on any atom is 0.188 e. The second kappa shape index (κ2) is 4.60. The summed E-state index contributed by atoms with van der Waals surface area (Å²) in [5.74, 6) is 0. The van der Waals surface area contributed by atoms with Crippen LogP contribution in [-0.4, -0.2) is 4.98 Å². The van der Waals surface area contributed by atoms with Crippen LogP contribution in [0.25, 0.3) is 32.8 Å². The van der Waals surface area contributed by atoms with E-state index in [1.165, 1.54) is 0 Å². The van der Waals surface area contributed by atoms with Crippen molar-refractivity contribution in [3.63, 3.8) is 0 Å². The van der Waals surface area contributed by atoms with Crippen LogP contribution in [0.3, 0.4) is 0 Å². The molecule has 0 amide bonds. The SMILES string of the molecule is O=c1cccc2c(-c3ccccc3)cc3ccc[nH]c3c12. The van der Waals surface area contributed by atoms with Crippen LogP contribution in [0.4, 0.5) is 0 Å². The van der Waals surface area contributed by atoms with Gasteiger partial charge in [0.25, 0.3) is 0 Å². The highest BCUT2D eigenvalue weighted by Crippen LogP contribution is 2.32. The molecule has 0 bridgehead atoms. The summed E-state index contributed by atoms with van der Waals surface area (Å²) in [4.78, 5) is 15.6. The van der Waals surface area contributed by atoms with Crippen molar-refractivity contribution in [1.82, 2.24) is 4.98 Å². The van der Waals surface area contributed by atoms with E-state index in [1.807, 2.05) is 48.7 Å². The van der Waals surface area contributed by atoms with Crippen molar-refractivity contribution in [2.45, 2.75) is 0 Å². The molecule has 0 radical (unpaired) electrons. The van der Waals surface area contributed by atoms with Crippen LogP contribution in [0, 0.1) is 0 Å². The molecule has 0 spiro atoms. The normalized spacial score (nSPS) is 11.0. The number of aromatic amines is 1. The third-order valence-corrected chi connectivity index (χ3v) is 3.84. The topological polar surface area (TPSA) is 32.9 Å².